The highest BCUT2D eigenvalue weighted by Crippen LogP contribution is 2.19. The molecule has 0 bridgehead atoms. The minimum absolute atomic E-state index is 0.512. The minimum Gasteiger partial charge on any atom is -0.476 e. The quantitative estimate of drug-likeness (QED) is 0.795. The maximum atomic E-state index is 5.47. The fourth-order valence-corrected chi connectivity index (χ4v) is 1.31. The summed E-state index contributed by atoms with van der Waals surface area (Å²) in [6.07, 6.45) is 2.59. The predicted octanol–water partition coefficient (Wildman–Crippen LogP) is 1.76. The van der Waals surface area contributed by atoms with Crippen LogP contribution in [0.4, 0.5) is 0 Å². The molecule has 0 aliphatic heterocycles. The van der Waals surface area contributed by atoms with Gasteiger partial charge in [-0.2, -0.15) is 5.10 Å². The summed E-state index contributed by atoms with van der Waals surface area (Å²) in [6.45, 7) is 5.72. The van der Waals surface area contributed by atoms with Gasteiger partial charge in [0, 0.05) is 18.7 Å². The first-order valence-electron chi connectivity index (χ1n) is 5.93. The van der Waals surface area contributed by atoms with Crippen molar-refractivity contribution in [1.82, 2.24) is 15.5 Å². The standard InChI is InChI=1S/C12H19N3O/c1-9(2)8-16-12-6-5-11(14-15-12)7-13-10-3-4-10/h5-6,9-10,13H,3-4,7-8H2,1-2H3. The summed E-state index contributed by atoms with van der Waals surface area (Å²) < 4.78 is 5.47. The van der Waals surface area contributed by atoms with Gasteiger partial charge < -0.3 is 10.1 Å². The Morgan fingerprint density at radius 3 is 2.75 bits per heavy atom. The topological polar surface area (TPSA) is 47.0 Å². The molecule has 0 radical (unpaired) electrons. The lowest BCUT2D eigenvalue weighted by Crippen LogP contribution is -2.16. The molecular weight excluding hydrogens is 202 g/mol. The fourth-order valence-electron chi connectivity index (χ4n) is 1.31. The molecule has 4 heteroatoms. The van der Waals surface area contributed by atoms with E-state index in [0.29, 0.717) is 24.4 Å². The molecule has 4 nitrogen and oxygen atoms in total. The van der Waals surface area contributed by atoms with Crippen molar-refractivity contribution in [2.75, 3.05) is 6.61 Å². The molecule has 0 unspecified atom stereocenters. The number of ether oxygens (including phenoxy) is 1. The van der Waals surface area contributed by atoms with Crippen molar-refractivity contribution in [2.45, 2.75) is 39.3 Å². The molecule has 1 fully saturated rings. The molecule has 0 aromatic carbocycles. The van der Waals surface area contributed by atoms with Crippen LogP contribution >= 0.6 is 0 Å². The van der Waals surface area contributed by atoms with E-state index >= 15 is 0 Å². The monoisotopic (exact) mass is 221 g/mol. The molecule has 1 heterocycles. The van der Waals surface area contributed by atoms with Gasteiger partial charge in [0.1, 0.15) is 0 Å². The smallest absolute Gasteiger partial charge is 0.233 e. The number of rotatable bonds is 6. The summed E-state index contributed by atoms with van der Waals surface area (Å²) >= 11 is 0. The summed E-state index contributed by atoms with van der Waals surface area (Å²) in [5.74, 6) is 1.13. The van der Waals surface area contributed by atoms with E-state index in [0.717, 1.165) is 12.2 Å². The first kappa shape index (κ1) is 11.3. The number of hydrogen-bond acceptors (Lipinski definition) is 4. The molecule has 1 aromatic rings. The Hall–Kier alpha value is -1.16. The SMILES string of the molecule is CC(C)COc1ccc(CNC2CC2)nn1. The van der Waals surface area contributed by atoms with Crippen LogP contribution in [0.3, 0.4) is 0 Å². The van der Waals surface area contributed by atoms with Crippen molar-refractivity contribution in [1.29, 1.82) is 0 Å². The zero-order valence-electron chi connectivity index (χ0n) is 9.94. The second-order valence-electron chi connectivity index (χ2n) is 4.72. The Kier molecular flexibility index (Phi) is 3.72. The highest BCUT2D eigenvalue weighted by Gasteiger charge is 2.20. The van der Waals surface area contributed by atoms with Gasteiger partial charge in [-0.1, -0.05) is 13.8 Å². The van der Waals surface area contributed by atoms with Crippen LogP contribution in [-0.2, 0) is 6.54 Å². The lowest BCUT2D eigenvalue weighted by molar-refractivity contribution is 0.258. The number of nitrogens with one attached hydrogen (secondary N) is 1. The van der Waals surface area contributed by atoms with Gasteiger partial charge in [0.2, 0.25) is 5.88 Å². The number of hydrogen-bond donors (Lipinski definition) is 1. The normalized spacial score (nSPS) is 15.4. The van der Waals surface area contributed by atoms with Crippen molar-refractivity contribution in [2.24, 2.45) is 5.92 Å². The van der Waals surface area contributed by atoms with E-state index in [1.165, 1.54) is 12.8 Å². The third-order valence-electron chi connectivity index (χ3n) is 2.41. The van der Waals surface area contributed by atoms with Gasteiger partial charge in [-0.05, 0) is 24.8 Å². The summed E-state index contributed by atoms with van der Waals surface area (Å²) in [6, 6.07) is 4.57. The van der Waals surface area contributed by atoms with Gasteiger partial charge in [-0.15, -0.1) is 5.10 Å². The van der Waals surface area contributed by atoms with Crippen molar-refractivity contribution in [3.63, 3.8) is 0 Å². The van der Waals surface area contributed by atoms with Crippen LogP contribution in [0.2, 0.25) is 0 Å². The van der Waals surface area contributed by atoms with Crippen molar-refractivity contribution >= 4 is 0 Å². The average Bonchev–Trinajstić information content (AvgIpc) is 3.09. The Morgan fingerprint density at radius 1 is 1.38 bits per heavy atom. The molecule has 1 aromatic heterocycles. The molecule has 16 heavy (non-hydrogen) atoms. The van der Waals surface area contributed by atoms with Crippen LogP contribution in [0.5, 0.6) is 5.88 Å². The fraction of sp³-hybridized carbons (Fsp3) is 0.667. The van der Waals surface area contributed by atoms with Crippen LogP contribution in [-0.4, -0.2) is 22.8 Å². The Bertz CT molecular complexity index is 295. The average molecular weight is 221 g/mol. The molecule has 1 aliphatic carbocycles. The first-order chi connectivity index (χ1) is 7.74. The molecule has 0 saturated heterocycles. The minimum atomic E-state index is 0.512. The summed E-state index contributed by atoms with van der Waals surface area (Å²) in [5.41, 5.74) is 0.976. The van der Waals surface area contributed by atoms with Crippen LogP contribution in [0.1, 0.15) is 32.4 Å². The van der Waals surface area contributed by atoms with Gasteiger partial charge in [-0.25, -0.2) is 0 Å². The van der Waals surface area contributed by atoms with Gasteiger partial charge in [-0.3, -0.25) is 0 Å². The third-order valence-corrected chi connectivity index (χ3v) is 2.41. The molecule has 1 aliphatic rings. The van der Waals surface area contributed by atoms with Crippen LogP contribution in [0.25, 0.3) is 0 Å². The molecule has 0 spiro atoms. The van der Waals surface area contributed by atoms with Gasteiger partial charge in [0.05, 0.1) is 12.3 Å². The third kappa shape index (κ3) is 3.77. The van der Waals surface area contributed by atoms with Crippen LogP contribution < -0.4 is 10.1 Å². The predicted molar refractivity (Wildman–Crippen MR) is 62.2 cm³/mol. The lowest BCUT2D eigenvalue weighted by atomic mass is 10.2. The second kappa shape index (κ2) is 5.25. The van der Waals surface area contributed by atoms with Gasteiger partial charge in [0.25, 0.3) is 0 Å². The molecule has 1 saturated carbocycles. The molecule has 1 N–H and O–H groups in total. The van der Waals surface area contributed by atoms with Crippen LogP contribution in [0.15, 0.2) is 12.1 Å². The maximum absolute atomic E-state index is 5.47. The number of aromatic nitrogens is 2. The number of nitrogens with zero attached hydrogens (tertiary/aromatic N) is 2. The molecule has 88 valence electrons. The Balaban J connectivity index is 1.78. The second-order valence-corrected chi connectivity index (χ2v) is 4.72. The maximum Gasteiger partial charge on any atom is 0.233 e. The molecule has 0 atom stereocenters. The van der Waals surface area contributed by atoms with E-state index < -0.39 is 0 Å². The summed E-state index contributed by atoms with van der Waals surface area (Å²) in [5, 5.41) is 11.6. The zero-order valence-corrected chi connectivity index (χ0v) is 9.94. The van der Waals surface area contributed by atoms with Gasteiger partial charge >= 0.3 is 0 Å². The summed E-state index contributed by atoms with van der Waals surface area (Å²) in [7, 11) is 0. The highest BCUT2D eigenvalue weighted by molar-refractivity contribution is 5.11. The van der Waals surface area contributed by atoms with Crippen molar-refractivity contribution < 1.29 is 4.74 Å². The zero-order chi connectivity index (χ0) is 11.4. The highest BCUT2D eigenvalue weighted by atomic mass is 16.5. The van der Waals surface area contributed by atoms with E-state index in [-0.39, 0.29) is 0 Å². The molecule has 2 rings (SSSR count). The largest absolute Gasteiger partial charge is 0.476 e. The molecule has 0 amide bonds. The van der Waals surface area contributed by atoms with Gasteiger partial charge in [0.15, 0.2) is 0 Å². The van der Waals surface area contributed by atoms with E-state index in [2.05, 4.69) is 29.4 Å². The lowest BCUT2D eigenvalue weighted by Gasteiger charge is -2.07. The van der Waals surface area contributed by atoms with Crippen molar-refractivity contribution in [3.8, 4) is 5.88 Å². The Labute approximate surface area is 96.4 Å². The van der Waals surface area contributed by atoms with E-state index in [1.54, 1.807) is 0 Å². The Morgan fingerprint density at radius 2 is 2.19 bits per heavy atom. The van der Waals surface area contributed by atoms with E-state index in [1.807, 2.05) is 12.1 Å². The molecular formula is C12H19N3O. The first-order valence-corrected chi connectivity index (χ1v) is 5.93. The van der Waals surface area contributed by atoms with Crippen LogP contribution in [0, 0.1) is 5.92 Å². The van der Waals surface area contributed by atoms with E-state index in [4.69, 9.17) is 4.74 Å². The summed E-state index contributed by atoms with van der Waals surface area (Å²) in [4.78, 5) is 0. The van der Waals surface area contributed by atoms with E-state index in [9.17, 15) is 0 Å². The van der Waals surface area contributed by atoms with Crippen molar-refractivity contribution in [3.05, 3.63) is 17.8 Å².